The van der Waals surface area contributed by atoms with Crippen molar-refractivity contribution in [3.8, 4) is 0 Å². The van der Waals surface area contributed by atoms with Crippen LogP contribution in [0.15, 0.2) is 53.1 Å². The van der Waals surface area contributed by atoms with Gasteiger partial charge in [0.1, 0.15) is 0 Å². The Morgan fingerprint density at radius 2 is 1.93 bits per heavy atom. The Morgan fingerprint density at radius 3 is 2.59 bits per heavy atom. The SMILES string of the molecule is CCCNC(=O)C[NH+]1CCN(C(=O)C[NH2+][C@@H](c2ccccc2)c2ccco2)CC1. The van der Waals surface area contributed by atoms with Gasteiger partial charge >= 0.3 is 0 Å². The molecule has 156 valence electrons. The van der Waals surface area contributed by atoms with Gasteiger partial charge in [-0.05, 0) is 18.6 Å². The fourth-order valence-electron chi connectivity index (χ4n) is 3.70. The van der Waals surface area contributed by atoms with E-state index < -0.39 is 0 Å². The summed E-state index contributed by atoms with van der Waals surface area (Å²) in [7, 11) is 0. The number of furan rings is 1. The third-order valence-electron chi connectivity index (χ3n) is 5.34. The standard InChI is InChI=1S/C22H30N4O3/c1-2-10-23-20(27)17-25-11-13-26(14-12-25)21(28)16-24-22(19-9-6-15-29-19)18-7-4-3-5-8-18/h3-9,15,22,24H,2,10-14,16-17H2,1H3,(H,23,27)/p+2/t22-/m0/s1. The first-order valence-electron chi connectivity index (χ1n) is 10.5. The van der Waals surface area contributed by atoms with Gasteiger partial charge in [-0.15, -0.1) is 0 Å². The molecule has 3 rings (SSSR count). The minimum atomic E-state index is -0.0377. The molecule has 1 atom stereocenters. The predicted octanol–water partition coefficient (Wildman–Crippen LogP) is -0.814. The lowest BCUT2D eigenvalue weighted by molar-refractivity contribution is -0.896. The van der Waals surface area contributed by atoms with Gasteiger partial charge < -0.3 is 24.9 Å². The fraction of sp³-hybridized carbons (Fsp3) is 0.455. The first-order chi connectivity index (χ1) is 14.2. The van der Waals surface area contributed by atoms with E-state index in [0.29, 0.717) is 26.2 Å². The van der Waals surface area contributed by atoms with Crippen LogP contribution in [-0.4, -0.2) is 62.5 Å². The van der Waals surface area contributed by atoms with E-state index in [1.165, 1.54) is 4.90 Å². The van der Waals surface area contributed by atoms with Gasteiger partial charge in [0.2, 0.25) is 0 Å². The van der Waals surface area contributed by atoms with E-state index in [4.69, 9.17) is 4.42 Å². The van der Waals surface area contributed by atoms with Crippen molar-refractivity contribution in [2.75, 3.05) is 45.8 Å². The lowest BCUT2D eigenvalue weighted by Gasteiger charge is -2.31. The third-order valence-corrected chi connectivity index (χ3v) is 5.34. The van der Waals surface area contributed by atoms with Crippen LogP contribution >= 0.6 is 0 Å². The average Bonchev–Trinajstić information content (AvgIpc) is 3.28. The zero-order valence-corrected chi connectivity index (χ0v) is 17.1. The zero-order valence-electron chi connectivity index (χ0n) is 17.1. The van der Waals surface area contributed by atoms with Crippen LogP contribution in [-0.2, 0) is 9.59 Å². The number of hydrogen-bond acceptors (Lipinski definition) is 3. The highest BCUT2D eigenvalue weighted by Crippen LogP contribution is 2.18. The number of rotatable bonds is 9. The van der Waals surface area contributed by atoms with Crippen LogP contribution in [0.25, 0.3) is 0 Å². The molecule has 29 heavy (non-hydrogen) atoms. The van der Waals surface area contributed by atoms with Crippen LogP contribution in [0.2, 0.25) is 0 Å². The number of nitrogens with zero attached hydrogens (tertiary/aromatic N) is 1. The van der Waals surface area contributed by atoms with Crippen molar-refractivity contribution in [1.29, 1.82) is 0 Å². The Kier molecular flexibility index (Phi) is 7.84. The van der Waals surface area contributed by atoms with Crippen LogP contribution < -0.4 is 15.5 Å². The highest BCUT2D eigenvalue weighted by molar-refractivity contribution is 5.77. The van der Waals surface area contributed by atoms with Crippen LogP contribution in [0.1, 0.15) is 30.7 Å². The highest BCUT2D eigenvalue weighted by atomic mass is 16.3. The van der Waals surface area contributed by atoms with Crippen LogP contribution in [0.3, 0.4) is 0 Å². The summed E-state index contributed by atoms with van der Waals surface area (Å²) in [5, 5.41) is 4.96. The summed E-state index contributed by atoms with van der Waals surface area (Å²) >= 11 is 0. The molecule has 7 heteroatoms. The van der Waals surface area contributed by atoms with E-state index in [-0.39, 0.29) is 17.9 Å². The molecule has 4 N–H and O–H groups in total. The zero-order chi connectivity index (χ0) is 20.5. The number of piperazine rings is 1. The fourth-order valence-corrected chi connectivity index (χ4v) is 3.70. The Morgan fingerprint density at radius 1 is 1.17 bits per heavy atom. The lowest BCUT2D eigenvalue weighted by atomic mass is 10.0. The summed E-state index contributed by atoms with van der Waals surface area (Å²) in [6, 6.07) is 13.9. The number of nitrogens with one attached hydrogen (secondary N) is 2. The predicted molar refractivity (Wildman–Crippen MR) is 109 cm³/mol. The molecule has 0 radical (unpaired) electrons. The molecule has 1 fully saturated rings. The summed E-state index contributed by atoms with van der Waals surface area (Å²) in [5.74, 6) is 1.07. The molecular formula is C22H32N4O3+2. The van der Waals surface area contributed by atoms with E-state index >= 15 is 0 Å². The van der Waals surface area contributed by atoms with Crippen molar-refractivity contribution in [3.05, 3.63) is 60.1 Å². The van der Waals surface area contributed by atoms with Crippen molar-refractivity contribution in [1.82, 2.24) is 10.2 Å². The van der Waals surface area contributed by atoms with Crippen LogP contribution in [0.5, 0.6) is 0 Å². The number of carbonyl (C=O) groups is 2. The van der Waals surface area contributed by atoms with E-state index in [2.05, 4.69) is 17.4 Å². The monoisotopic (exact) mass is 400 g/mol. The molecule has 0 bridgehead atoms. The summed E-state index contributed by atoms with van der Waals surface area (Å²) in [5.41, 5.74) is 1.11. The Labute approximate surface area is 172 Å². The minimum Gasteiger partial charge on any atom is -0.463 e. The molecule has 2 aromatic rings. The van der Waals surface area contributed by atoms with Gasteiger partial charge in [0.15, 0.2) is 24.9 Å². The number of quaternary nitrogens is 2. The van der Waals surface area contributed by atoms with Gasteiger partial charge in [-0.25, -0.2) is 0 Å². The van der Waals surface area contributed by atoms with Gasteiger partial charge in [-0.3, -0.25) is 9.59 Å². The maximum atomic E-state index is 12.7. The minimum absolute atomic E-state index is 0.0377. The smallest absolute Gasteiger partial charge is 0.278 e. The number of carbonyl (C=O) groups excluding carboxylic acids is 2. The second-order valence-electron chi connectivity index (χ2n) is 7.50. The van der Waals surface area contributed by atoms with E-state index in [0.717, 1.165) is 37.4 Å². The number of amides is 2. The Hall–Kier alpha value is -2.64. The highest BCUT2D eigenvalue weighted by Gasteiger charge is 2.27. The average molecular weight is 401 g/mol. The topological polar surface area (TPSA) is 83.6 Å². The van der Waals surface area contributed by atoms with Crippen molar-refractivity contribution in [3.63, 3.8) is 0 Å². The Balaban J connectivity index is 1.48. The number of hydrogen-bond donors (Lipinski definition) is 3. The number of benzene rings is 1. The molecule has 0 saturated carbocycles. The first-order valence-corrected chi connectivity index (χ1v) is 10.5. The molecule has 7 nitrogen and oxygen atoms in total. The van der Waals surface area contributed by atoms with Crippen molar-refractivity contribution >= 4 is 11.8 Å². The normalized spacial score (nSPS) is 15.8. The second-order valence-corrected chi connectivity index (χ2v) is 7.50. The van der Waals surface area contributed by atoms with Crippen LogP contribution in [0.4, 0.5) is 0 Å². The molecule has 1 aromatic carbocycles. The second kappa shape index (κ2) is 10.8. The maximum absolute atomic E-state index is 12.7. The van der Waals surface area contributed by atoms with Gasteiger partial charge in [0.05, 0.1) is 32.4 Å². The van der Waals surface area contributed by atoms with Gasteiger partial charge in [0.25, 0.3) is 11.8 Å². The van der Waals surface area contributed by atoms with E-state index in [1.54, 1.807) is 6.26 Å². The molecular weight excluding hydrogens is 368 g/mol. The molecule has 2 heterocycles. The van der Waals surface area contributed by atoms with Gasteiger partial charge in [-0.1, -0.05) is 37.3 Å². The molecule has 0 spiro atoms. The molecule has 1 aliphatic heterocycles. The van der Waals surface area contributed by atoms with Gasteiger partial charge in [-0.2, -0.15) is 0 Å². The summed E-state index contributed by atoms with van der Waals surface area (Å²) < 4.78 is 5.61. The summed E-state index contributed by atoms with van der Waals surface area (Å²) in [6.45, 7) is 6.64. The van der Waals surface area contributed by atoms with Crippen molar-refractivity contribution < 1.29 is 24.2 Å². The molecule has 1 aliphatic rings. The lowest BCUT2D eigenvalue weighted by Crippen LogP contribution is -3.16. The van der Waals surface area contributed by atoms with E-state index in [9.17, 15) is 9.59 Å². The summed E-state index contributed by atoms with van der Waals surface area (Å²) in [6.07, 6.45) is 2.61. The molecule has 0 unspecified atom stereocenters. The maximum Gasteiger partial charge on any atom is 0.278 e. The molecule has 1 aromatic heterocycles. The van der Waals surface area contributed by atoms with Crippen molar-refractivity contribution in [2.24, 2.45) is 0 Å². The third kappa shape index (κ3) is 6.17. The Bertz CT molecular complexity index is 756. The first kappa shape index (κ1) is 21.1. The molecule has 0 aliphatic carbocycles. The van der Waals surface area contributed by atoms with Crippen LogP contribution in [0, 0.1) is 0 Å². The summed E-state index contributed by atoms with van der Waals surface area (Å²) in [4.78, 5) is 27.8. The molecule has 2 amide bonds. The van der Waals surface area contributed by atoms with Gasteiger partial charge in [0, 0.05) is 12.1 Å². The molecule has 1 saturated heterocycles. The largest absolute Gasteiger partial charge is 0.463 e. The number of nitrogens with two attached hydrogens (primary N) is 1. The van der Waals surface area contributed by atoms with Crippen molar-refractivity contribution in [2.45, 2.75) is 19.4 Å². The van der Waals surface area contributed by atoms with E-state index in [1.807, 2.05) is 47.5 Å². The quantitative estimate of drug-likeness (QED) is 0.515.